The molecule has 0 atom stereocenters. The van der Waals surface area contributed by atoms with E-state index in [2.05, 4.69) is 4.98 Å². The first-order valence-corrected chi connectivity index (χ1v) is 7.06. The average molecular weight is 307 g/mol. The van der Waals surface area contributed by atoms with E-state index in [1.807, 2.05) is 19.9 Å². The second-order valence-electron chi connectivity index (χ2n) is 4.55. The zero-order valence-corrected chi connectivity index (χ0v) is 12.6. The Balaban J connectivity index is 2.42. The van der Waals surface area contributed by atoms with Crippen molar-refractivity contribution in [3.05, 3.63) is 57.4 Å². The number of nitrogens with zero attached hydrogens (tertiary/aromatic N) is 2. The number of benzene rings is 1. The summed E-state index contributed by atoms with van der Waals surface area (Å²) >= 11 is 5.71. The number of nitro groups is 1. The predicted octanol–water partition coefficient (Wildman–Crippen LogP) is 4.39. The minimum absolute atomic E-state index is 0.101. The van der Waals surface area contributed by atoms with E-state index in [1.165, 1.54) is 6.07 Å². The van der Waals surface area contributed by atoms with Crippen LogP contribution in [0.25, 0.3) is 0 Å². The first kappa shape index (κ1) is 15.3. The van der Waals surface area contributed by atoms with Gasteiger partial charge in [0.05, 0.1) is 10.6 Å². The summed E-state index contributed by atoms with van der Waals surface area (Å²) in [4.78, 5) is 15.1. The number of aryl methyl sites for hydroxylation is 2. The van der Waals surface area contributed by atoms with Gasteiger partial charge in [-0.2, -0.15) is 0 Å². The molecule has 0 aliphatic heterocycles. The van der Waals surface area contributed by atoms with E-state index in [1.54, 1.807) is 18.2 Å². The van der Waals surface area contributed by atoms with E-state index in [9.17, 15) is 10.1 Å². The molecule has 1 aromatic carbocycles. The summed E-state index contributed by atoms with van der Waals surface area (Å²) in [5, 5.41) is 11.2. The minimum Gasteiger partial charge on any atom is -0.448 e. The molecule has 1 heterocycles. The minimum atomic E-state index is -0.474. The number of alkyl halides is 1. The second kappa shape index (κ2) is 6.54. The van der Waals surface area contributed by atoms with Gasteiger partial charge >= 0.3 is 5.69 Å². The van der Waals surface area contributed by atoms with Crippen LogP contribution >= 0.6 is 11.6 Å². The van der Waals surface area contributed by atoms with Crippen LogP contribution in [0.15, 0.2) is 30.3 Å². The van der Waals surface area contributed by atoms with Crippen molar-refractivity contribution in [1.29, 1.82) is 0 Å². The molecule has 2 rings (SSSR count). The van der Waals surface area contributed by atoms with Crippen LogP contribution in [-0.4, -0.2) is 9.91 Å². The Hall–Kier alpha value is -2.14. The van der Waals surface area contributed by atoms with Gasteiger partial charge < -0.3 is 4.74 Å². The second-order valence-corrected chi connectivity index (χ2v) is 4.81. The third-order valence-corrected chi connectivity index (χ3v) is 3.31. The fraction of sp³-hybridized carbons (Fsp3) is 0.267. The zero-order valence-electron chi connectivity index (χ0n) is 11.8. The highest BCUT2D eigenvalue weighted by Crippen LogP contribution is 2.33. The molecule has 0 N–H and O–H groups in total. The topological polar surface area (TPSA) is 65.3 Å². The molecule has 0 amide bonds. The van der Waals surface area contributed by atoms with Gasteiger partial charge in [0.15, 0.2) is 0 Å². The lowest BCUT2D eigenvalue weighted by Gasteiger charge is -2.10. The van der Waals surface area contributed by atoms with E-state index in [-0.39, 0.29) is 17.3 Å². The van der Waals surface area contributed by atoms with Gasteiger partial charge in [-0.1, -0.05) is 13.0 Å². The molecule has 110 valence electrons. The van der Waals surface area contributed by atoms with Crippen molar-refractivity contribution < 1.29 is 9.66 Å². The number of aromatic nitrogens is 1. The summed E-state index contributed by atoms with van der Waals surface area (Å²) in [6.45, 7) is 3.85. The van der Waals surface area contributed by atoms with E-state index >= 15 is 0 Å². The standard InChI is InChI=1S/C15H15ClN2O3/c1-3-12-14(6-4-10(2)17-12)21-15-7-5-11(9-16)8-13(15)18(19)20/h4-8H,3,9H2,1-2H3. The Kier molecular flexibility index (Phi) is 4.75. The van der Waals surface area contributed by atoms with Crippen molar-refractivity contribution in [2.45, 2.75) is 26.1 Å². The number of hydrogen-bond donors (Lipinski definition) is 0. The molecule has 0 spiro atoms. The van der Waals surface area contributed by atoms with Crippen molar-refractivity contribution >= 4 is 17.3 Å². The normalized spacial score (nSPS) is 10.4. The van der Waals surface area contributed by atoms with Gasteiger partial charge in [-0.05, 0) is 37.1 Å². The molecule has 0 fully saturated rings. The molecule has 2 aromatic rings. The van der Waals surface area contributed by atoms with Gasteiger partial charge in [0.2, 0.25) is 5.75 Å². The quantitative estimate of drug-likeness (QED) is 0.467. The number of halogens is 1. The monoisotopic (exact) mass is 306 g/mol. The number of rotatable bonds is 5. The molecule has 0 saturated heterocycles. The van der Waals surface area contributed by atoms with Crippen LogP contribution in [0.5, 0.6) is 11.5 Å². The molecule has 0 aliphatic rings. The molecular formula is C15H15ClN2O3. The maximum absolute atomic E-state index is 11.2. The lowest BCUT2D eigenvalue weighted by atomic mass is 10.2. The molecule has 0 bridgehead atoms. The summed E-state index contributed by atoms with van der Waals surface area (Å²) in [5.74, 6) is 0.937. The zero-order chi connectivity index (χ0) is 15.4. The first-order chi connectivity index (χ1) is 10.0. The lowest BCUT2D eigenvalue weighted by Crippen LogP contribution is -1.99. The van der Waals surface area contributed by atoms with Gasteiger partial charge in [-0.25, -0.2) is 0 Å². The van der Waals surface area contributed by atoms with Gasteiger partial charge in [0, 0.05) is 17.6 Å². The molecule has 0 aliphatic carbocycles. The van der Waals surface area contributed by atoms with Crippen LogP contribution in [0.1, 0.15) is 23.9 Å². The van der Waals surface area contributed by atoms with Crippen molar-refractivity contribution in [3.8, 4) is 11.5 Å². The van der Waals surface area contributed by atoms with Gasteiger partial charge in [0.1, 0.15) is 5.75 Å². The van der Waals surface area contributed by atoms with E-state index < -0.39 is 4.92 Å². The number of pyridine rings is 1. The average Bonchev–Trinajstić information content (AvgIpc) is 2.49. The third-order valence-electron chi connectivity index (χ3n) is 3.00. The van der Waals surface area contributed by atoms with Gasteiger partial charge in [-0.15, -0.1) is 11.6 Å². The maximum atomic E-state index is 11.2. The molecule has 6 heteroatoms. The Morgan fingerprint density at radius 1 is 1.29 bits per heavy atom. The summed E-state index contributed by atoms with van der Waals surface area (Å²) in [5.41, 5.74) is 2.22. The molecule has 5 nitrogen and oxygen atoms in total. The molecule has 0 unspecified atom stereocenters. The number of nitro benzene ring substituents is 1. The van der Waals surface area contributed by atoms with Crippen LogP contribution in [0.2, 0.25) is 0 Å². The van der Waals surface area contributed by atoms with Crippen molar-refractivity contribution in [3.63, 3.8) is 0 Å². The molecule has 21 heavy (non-hydrogen) atoms. The van der Waals surface area contributed by atoms with Crippen molar-refractivity contribution in [1.82, 2.24) is 4.98 Å². The smallest absolute Gasteiger partial charge is 0.311 e. The summed E-state index contributed by atoms with van der Waals surface area (Å²) < 4.78 is 5.70. The Morgan fingerprint density at radius 3 is 2.62 bits per heavy atom. The third kappa shape index (κ3) is 3.49. The fourth-order valence-electron chi connectivity index (χ4n) is 1.94. The predicted molar refractivity (Wildman–Crippen MR) is 81.1 cm³/mol. The largest absolute Gasteiger partial charge is 0.448 e. The SMILES string of the molecule is CCc1nc(C)ccc1Oc1ccc(CCl)cc1[N+](=O)[O-]. The van der Waals surface area contributed by atoms with Gasteiger partial charge in [0.25, 0.3) is 0 Å². The highest BCUT2D eigenvalue weighted by Gasteiger charge is 2.18. The number of ether oxygens (including phenoxy) is 1. The van der Waals surface area contributed by atoms with Crippen molar-refractivity contribution in [2.24, 2.45) is 0 Å². The van der Waals surface area contributed by atoms with Crippen molar-refractivity contribution in [2.75, 3.05) is 0 Å². The van der Waals surface area contributed by atoms with E-state index in [4.69, 9.17) is 16.3 Å². The summed E-state index contributed by atoms with van der Waals surface area (Å²) in [7, 11) is 0. The van der Waals surface area contributed by atoms with E-state index in [0.717, 1.165) is 11.4 Å². The number of hydrogen-bond acceptors (Lipinski definition) is 4. The summed E-state index contributed by atoms with van der Waals surface area (Å²) in [6, 6.07) is 8.29. The Bertz CT molecular complexity index is 674. The van der Waals surface area contributed by atoms with Crippen LogP contribution in [-0.2, 0) is 12.3 Å². The van der Waals surface area contributed by atoms with Crippen LogP contribution in [0, 0.1) is 17.0 Å². The highest BCUT2D eigenvalue weighted by molar-refractivity contribution is 6.17. The lowest BCUT2D eigenvalue weighted by molar-refractivity contribution is -0.385. The van der Waals surface area contributed by atoms with Crippen LogP contribution < -0.4 is 4.74 Å². The molecule has 0 radical (unpaired) electrons. The molecule has 0 saturated carbocycles. The highest BCUT2D eigenvalue weighted by atomic mass is 35.5. The molecule has 1 aromatic heterocycles. The van der Waals surface area contributed by atoms with Gasteiger partial charge in [-0.3, -0.25) is 15.1 Å². The van der Waals surface area contributed by atoms with E-state index in [0.29, 0.717) is 17.7 Å². The van der Waals surface area contributed by atoms with Crippen LogP contribution in [0.3, 0.4) is 0 Å². The Labute approximate surface area is 127 Å². The first-order valence-electron chi connectivity index (χ1n) is 6.52. The van der Waals surface area contributed by atoms with Crippen LogP contribution in [0.4, 0.5) is 5.69 Å². The summed E-state index contributed by atoms with van der Waals surface area (Å²) in [6.07, 6.45) is 0.685. The molecular weight excluding hydrogens is 292 g/mol. The fourth-order valence-corrected chi connectivity index (χ4v) is 2.10. The maximum Gasteiger partial charge on any atom is 0.311 e. The Morgan fingerprint density at radius 2 is 2.00 bits per heavy atom.